The van der Waals surface area contributed by atoms with Gasteiger partial charge in [-0.05, 0) is 5.56 Å². The highest BCUT2D eigenvalue weighted by molar-refractivity contribution is 5.76. The van der Waals surface area contributed by atoms with Crippen LogP contribution in [-0.4, -0.2) is 16.1 Å². The van der Waals surface area contributed by atoms with Crippen molar-refractivity contribution < 1.29 is 5.03 Å². The maximum Gasteiger partial charge on any atom is 0.275 e. The number of hydrazine groups is 2. The molecule has 7 nitrogen and oxygen atoms in total. The van der Waals surface area contributed by atoms with Gasteiger partial charge in [0.2, 0.25) is 0 Å². The van der Waals surface area contributed by atoms with Gasteiger partial charge in [-0.15, -0.1) is 0 Å². The fraction of sp³-hybridized carbons (Fsp3) is 0.125. The van der Waals surface area contributed by atoms with E-state index >= 15 is 0 Å². The van der Waals surface area contributed by atoms with E-state index in [4.69, 9.17) is 11.6 Å². The van der Waals surface area contributed by atoms with E-state index in [0.29, 0.717) is 0 Å². The molecule has 0 aliphatic carbocycles. The predicted octanol–water partition coefficient (Wildman–Crippen LogP) is -0.131. The largest absolute Gasteiger partial charge is 0.364 e. The lowest BCUT2D eigenvalue weighted by Gasteiger charge is -2.05. The van der Waals surface area contributed by atoms with E-state index in [9.17, 15) is 10.1 Å². The minimum absolute atomic E-state index is 0.183. The summed E-state index contributed by atoms with van der Waals surface area (Å²) >= 11 is 0. The Morgan fingerprint density at radius 3 is 2.60 bits per heavy atom. The zero-order valence-electron chi connectivity index (χ0n) is 7.91. The molecule has 1 rings (SSSR count). The fourth-order valence-electron chi connectivity index (χ4n) is 0.912. The molecule has 0 saturated heterocycles. The number of rotatable bonds is 3. The average molecular weight is 209 g/mol. The van der Waals surface area contributed by atoms with Gasteiger partial charge in [-0.1, -0.05) is 30.3 Å². The highest BCUT2D eigenvalue weighted by Gasteiger charge is 2.12. The molecule has 0 aliphatic rings. The van der Waals surface area contributed by atoms with Crippen molar-refractivity contribution in [3.63, 3.8) is 0 Å². The van der Waals surface area contributed by atoms with E-state index in [1.165, 1.54) is 0 Å². The summed E-state index contributed by atoms with van der Waals surface area (Å²) in [5, 5.41) is 9.54. The van der Waals surface area contributed by atoms with Crippen molar-refractivity contribution in [3.05, 3.63) is 46.0 Å². The maximum absolute atomic E-state index is 10.2. The maximum atomic E-state index is 10.2. The van der Waals surface area contributed by atoms with Gasteiger partial charge >= 0.3 is 0 Å². The zero-order valence-corrected chi connectivity index (χ0v) is 7.91. The minimum Gasteiger partial charge on any atom is -0.364 e. The first-order chi connectivity index (χ1) is 7.11. The molecular formula is C8H11N5O2. The Morgan fingerprint density at radius 2 is 2.07 bits per heavy atom. The van der Waals surface area contributed by atoms with Crippen LogP contribution >= 0.6 is 0 Å². The molecule has 7 heteroatoms. The monoisotopic (exact) mass is 209 g/mol. The van der Waals surface area contributed by atoms with Crippen LogP contribution in [0.15, 0.2) is 35.3 Å². The molecular weight excluding hydrogens is 198 g/mol. The van der Waals surface area contributed by atoms with Gasteiger partial charge in [-0.3, -0.25) is 0 Å². The second-order valence-corrected chi connectivity index (χ2v) is 2.74. The lowest BCUT2D eigenvalue weighted by atomic mass is 10.2. The van der Waals surface area contributed by atoms with Crippen molar-refractivity contribution in [2.75, 3.05) is 0 Å². The van der Waals surface area contributed by atoms with Crippen LogP contribution in [0.1, 0.15) is 5.56 Å². The third-order valence-electron chi connectivity index (χ3n) is 1.68. The summed E-state index contributed by atoms with van der Waals surface area (Å²) in [5.41, 5.74) is 6.18. The first-order valence-electron chi connectivity index (χ1n) is 4.14. The van der Waals surface area contributed by atoms with E-state index in [1.54, 1.807) is 0 Å². The number of hydrogen-bond acceptors (Lipinski definition) is 4. The molecule has 0 radical (unpaired) electrons. The van der Waals surface area contributed by atoms with Crippen LogP contribution in [0, 0.1) is 10.1 Å². The van der Waals surface area contributed by atoms with Gasteiger partial charge in [0.1, 0.15) is 0 Å². The fourth-order valence-corrected chi connectivity index (χ4v) is 0.912. The third-order valence-corrected chi connectivity index (χ3v) is 1.68. The molecule has 0 spiro atoms. The molecule has 0 aliphatic heterocycles. The summed E-state index contributed by atoms with van der Waals surface area (Å²) < 4.78 is 0. The number of guanidine groups is 1. The number of benzene rings is 1. The summed E-state index contributed by atoms with van der Waals surface area (Å²) in [6.07, 6.45) is 0. The van der Waals surface area contributed by atoms with E-state index in [2.05, 4.69) is 4.99 Å². The molecule has 0 unspecified atom stereocenters. The normalized spacial score (nSPS) is 11.1. The van der Waals surface area contributed by atoms with Gasteiger partial charge in [0.25, 0.3) is 5.96 Å². The van der Waals surface area contributed by atoms with Crippen LogP contribution in [0.5, 0.6) is 0 Å². The molecule has 1 aromatic carbocycles. The highest BCUT2D eigenvalue weighted by atomic mass is 16.7. The Bertz CT molecular complexity index is 365. The summed E-state index contributed by atoms with van der Waals surface area (Å²) in [7, 11) is 0. The van der Waals surface area contributed by atoms with Crippen LogP contribution in [0.3, 0.4) is 0 Å². The number of nitrogens with two attached hydrogens (primary N) is 2. The standard InChI is InChI=1S/C8H11N5O2/c9-8(12(10)13(14)15)11-6-7-4-2-1-3-5-7/h1-5H,6,10H2,(H2,9,11). The van der Waals surface area contributed by atoms with Crippen molar-refractivity contribution >= 4 is 5.96 Å². The molecule has 0 bridgehead atoms. The van der Waals surface area contributed by atoms with Crippen molar-refractivity contribution in [2.45, 2.75) is 6.54 Å². The second kappa shape index (κ2) is 4.91. The molecule has 0 aromatic heterocycles. The van der Waals surface area contributed by atoms with Gasteiger partial charge in [-0.2, -0.15) is 5.84 Å². The van der Waals surface area contributed by atoms with Gasteiger partial charge in [0, 0.05) is 5.12 Å². The quantitative estimate of drug-likeness (QED) is 0.237. The summed E-state index contributed by atoms with van der Waals surface area (Å²) in [6, 6.07) is 9.22. The van der Waals surface area contributed by atoms with Gasteiger partial charge in [-0.25, -0.2) is 15.1 Å². The number of nitro groups is 1. The molecule has 0 amide bonds. The summed E-state index contributed by atoms with van der Waals surface area (Å²) in [5.74, 6) is 4.67. The van der Waals surface area contributed by atoms with Gasteiger partial charge < -0.3 is 5.73 Å². The number of aliphatic imine (C=N–C) groups is 1. The minimum atomic E-state index is -0.843. The van der Waals surface area contributed by atoms with Crippen molar-refractivity contribution in [3.8, 4) is 0 Å². The number of nitrogens with zero attached hydrogens (tertiary/aromatic N) is 3. The molecule has 15 heavy (non-hydrogen) atoms. The molecule has 0 saturated carbocycles. The van der Waals surface area contributed by atoms with Crippen LogP contribution in [0.4, 0.5) is 0 Å². The Hall–Kier alpha value is -2.15. The topological polar surface area (TPSA) is 111 Å². The van der Waals surface area contributed by atoms with Gasteiger partial charge in [0.15, 0.2) is 5.03 Å². The van der Waals surface area contributed by atoms with E-state index in [1.807, 2.05) is 30.3 Å². The lowest BCUT2D eigenvalue weighted by Crippen LogP contribution is -2.46. The van der Waals surface area contributed by atoms with Crippen LogP contribution in [-0.2, 0) is 6.54 Å². The van der Waals surface area contributed by atoms with Crippen molar-refractivity contribution in [1.82, 2.24) is 5.12 Å². The Kier molecular flexibility index (Phi) is 3.58. The smallest absolute Gasteiger partial charge is 0.275 e. The molecule has 0 fully saturated rings. The molecule has 0 atom stereocenters. The van der Waals surface area contributed by atoms with E-state index in [0.717, 1.165) is 5.56 Å². The van der Waals surface area contributed by atoms with Crippen molar-refractivity contribution in [1.29, 1.82) is 0 Å². The first-order valence-corrected chi connectivity index (χ1v) is 4.14. The Labute approximate surface area is 86.1 Å². The molecule has 80 valence electrons. The van der Waals surface area contributed by atoms with Crippen LogP contribution in [0.25, 0.3) is 0 Å². The second-order valence-electron chi connectivity index (χ2n) is 2.74. The van der Waals surface area contributed by atoms with Crippen molar-refractivity contribution in [2.24, 2.45) is 16.6 Å². The Morgan fingerprint density at radius 1 is 1.47 bits per heavy atom. The summed E-state index contributed by atoms with van der Waals surface area (Å²) in [4.78, 5) is 14.0. The predicted molar refractivity (Wildman–Crippen MR) is 54.8 cm³/mol. The zero-order chi connectivity index (χ0) is 11.3. The van der Waals surface area contributed by atoms with E-state index in [-0.39, 0.29) is 17.6 Å². The lowest BCUT2D eigenvalue weighted by molar-refractivity contribution is -0.632. The molecule has 0 heterocycles. The SMILES string of the molecule is NC(=NCc1ccccc1)N(N)[N+](=O)[O-]. The van der Waals surface area contributed by atoms with Gasteiger partial charge in [0.05, 0.1) is 6.54 Å². The first kappa shape index (κ1) is 10.9. The highest BCUT2D eigenvalue weighted by Crippen LogP contribution is 1.99. The molecule has 4 N–H and O–H groups in total. The van der Waals surface area contributed by atoms with E-state index < -0.39 is 5.03 Å². The summed E-state index contributed by atoms with van der Waals surface area (Å²) in [6.45, 7) is 0.258. The Balaban J connectivity index is 2.62. The average Bonchev–Trinajstić information content (AvgIpc) is 2.26. The van der Waals surface area contributed by atoms with Crippen LogP contribution in [0.2, 0.25) is 0 Å². The molecule has 1 aromatic rings. The number of hydrogen-bond donors (Lipinski definition) is 2. The van der Waals surface area contributed by atoms with Crippen LogP contribution < -0.4 is 11.6 Å². The third kappa shape index (κ3) is 3.24.